The molecule has 0 saturated carbocycles. The summed E-state index contributed by atoms with van der Waals surface area (Å²) in [6.07, 6.45) is 0.270. The van der Waals surface area contributed by atoms with Crippen molar-refractivity contribution in [2.75, 3.05) is 6.54 Å². The molecule has 16 heavy (non-hydrogen) atoms. The van der Waals surface area contributed by atoms with Gasteiger partial charge in [-0.05, 0) is 24.3 Å². The van der Waals surface area contributed by atoms with Crippen LogP contribution in [0.25, 0.3) is 0 Å². The Bertz CT molecular complexity index is 467. The van der Waals surface area contributed by atoms with Crippen LogP contribution >= 0.6 is 0 Å². The Morgan fingerprint density at radius 3 is 2.38 bits per heavy atom. The standard InChI is InChI=1S/C10H12FNO3S/c1-2-9(13)7-12-16(14,15)10-5-3-8(11)4-6-10/h3-6,12H,2,7H2,1H3. The van der Waals surface area contributed by atoms with E-state index in [0.717, 1.165) is 24.3 Å². The van der Waals surface area contributed by atoms with Crippen LogP contribution in [-0.2, 0) is 14.8 Å². The fourth-order valence-electron chi connectivity index (χ4n) is 0.998. The molecule has 0 aliphatic heterocycles. The summed E-state index contributed by atoms with van der Waals surface area (Å²) >= 11 is 0. The zero-order chi connectivity index (χ0) is 12.2. The van der Waals surface area contributed by atoms with Gasteiger partial charge >= 0.3 is 0 Å². The van der Waals surface area contributed by atoms with E-state index in [1.54, 1.807) is 6.92 Å². The molecule has 1 N–H and O–H groups in total. The predicted molar refractivity (Wildman–Crippen MR) is 56.9 cm³/mol. The molecule has 0 saturated heterocycles. The number of rotatable bonds is 5. The minimum absolute atomic E-state index is 0.0576. The Labute approximate surface area is 93.5 Å². The molecule has 0 aromatic heterocycles. The highest BCUT2D eigenvalue weighted by Crippen LogP contribution is 2.09. The van der Waals surface area contributed by atoms with Gasteiger partial charge < -0.3 is 0 Å². The highest BCUT2D eigenvalue weighted by Gasteiger charge is 2.14. The van der Waals surface area contributed by atoms with Gasteiger partial charge in [-0.15, -0.1) is 0 Å². The van der Waals surface area contributed by atoms with Crippen LogP contribution in [0.2, 0.25) is 0 Å². The molecule has 6 heteroatoms. The van der Waals surface area contributed by atoms with Gasteiger partial charge in [0.2, 0.25) is 10.0 Å². The van der Waals surface area contributed by atoms with Gasteiger partial charge in [0.05, 0.1) is 11.4 Å². The number of ketones is 1. The molecule has 4 nitrogen and oxygen atoms in total. The van der Waals surface area contributed by atoms with E-state index in [1.807, 2.05) is 0 Å². The first-order valence-corrected chi connectivity index (χ1v) is 6.21. The van der Waals surface area contributed by atoms with Gasteiger partial charge in [-0.25, -0.2) is 17.5 Å². The molecule has 0 unspecified atom stereocenters. The van der Waals surface area contributed by atoms with Gasteiger partial charge in [0.15, 0.2) is 0 Å². The van der Waals surface area contributed by atoms with E-state index in [-0.39, 0.29) is 23.6 Å². The second-order valence-electron chi connectivity index (χ2n) is 3.17. The van der Waals surface area contributed by atoms with Crippen molar-refractivity contribution in [1.82, 2.24) is 4.72 Å². The summed E-state index contributed by atoms with van der Waals surface area (Å²) in [6, 6.07) is 4.40. The first-order chi connectivity index (χ1) is 7.45. The Kier molecular flexibility index (Phi) is 4.14. The Morgan fingerprint density at radius 1 is 1.31 bits per heavy atom. The van der Waals surface area contributed by atoms with Gasteiger partial charge in [0, 0.05) is 6.42 Å². The lowest BCUT2D eigenvalue weighted by molar-refractivity contribution is -0.117. The van der Waals surface area contributed by atoms with Crippen LogP contribution in [0.3, 0.4) is 0 Å². The molecule has 0 aliphatic rings. The van der Waals surface area contributed by atoms with Crippen LogP contribution in [0.4, 0.5) is 4.39 Å². The number of benzene rings is 1. The molecule has 1 aromatic carbocycles. The average molecular weight is 245 g/mol. The maximum Gasteiger partial charge on any atom is 0.240 e. The average Bonchev–Trinajstić information content (AvgIpc) is 2.26. The highest BCUT2D eigenvalue weighted by atomic mass is 32.2. The fraction of sp³-hybridized carbons (Fsp3) is 0.300. The van der Waals surface area contributed by atoms with Crippen molar-refractivity contribution in [3.8, 4) is 0 Å². The van der Waals surface area contributed by atoms with Crippen molar-refractivity contribution in [3.63, 3.8) is 0 Å². The van der Waals surface area contributed by atoms with Crippen LogP contribution in [0, 0.1) is 5.82 Å². The Hall–Kier alpha value is -1.27. The van der Waals surface area contributed by atoms with E-state index < -0.39 is 15.8 Å². The lowest BCUT2D eigenvalue weighted by Gasteiger charge is -2.05. The van der Waals surface area contributed by atoms with Crippen molar-refractivity contribution < 1.29 is 17.6 Å². The van der Waals surface area contributed by atoms with Gasteiger partial charge in [-0.3, -0.25) is 4.79 Å². The molecular weight excluding hydrogens is 233 g/mol. The quantitative estimate of drug-likeness (QED) is 0.844. The molecule has 0 spiro atoms. The number of nitrogens with one attached hydrogen (secondary N) is 1. The third-order valence-corrected chi connectivity index (χ3v) is 3.39. The third kappa shape index (κ3) is 3.39. The number of carbonyl (C=O) groups is 1. The summed E-state index contributed by atoms with van der Waals surface area (Å²) in [7, 11) is -3.72. The van der Waals surface area contributed by atoms with E-state index in [0.29, 0.717) is 0 Å². The number of hydrogen-bond donors (Lipinski definition) is 1. The molecule has 0 amide bonds. The number of hydrogen-bond acceptors (Lipinski definition) is 3. The molecule has 0 radical (unpaired) electrons. The van der Waals surface area contributed by atoms with Crippen LogP contribution < -0.4 is 4.72 Å². The van der Waals surface area contributed by atoms with E-state index in [9.17, 15) is 17.6 Å². The van der Waals surface area contributed by atoms with Crippen LogP contribution in [-0.4, -0.2) is 20.7 Å². The van der Waals surface area contributed by atoms with Crippen molar-refractivity contribution in [3.05, 3.63) is 30.1 Å². The molecule has 0 fully saturated rings. The molecule has 88 valence electrons. The van der Waals surface area contributed by atoms with Crippen LogP contribution in [0.5, 0.6) is 0 Å². The van der Waals surface area contributed by atoms with Crippen molar-refractivity contribution in [2.45, 2.75) is 18.2 Å². The van der Waals surface area contributed by atoms with Gasteiger partial charge in [-0.1, -0.05) is 6.92 Å². The maximum atomic E-state index is 12.6. The maximum absolute atomic E-state index is 12.6. The summed E-state index contributed by atoms with van der Waals surface area (Å²) in [6.45, 7) is 1.41. The van der Waals surface area contributed by atoms with E-state index in [1.165, 1.54) is 0 Å². The highest BCUT2D eigenvalue weighted by molar-refractivity contribution is 7.89. The summed E-state index contributed by atoms with van der Waals surface area (Å²) in [5, 5.41) is 0. The van der Waals surface area contributed by atoms with Gasteiger partial charge in [-0.2, -0.15) is 0 Å². The fourth-order valence-corrected chi connectivity index (χ4v) is 2.01. The molecule has 1 aromatic rings. The van der Waals surface area contributed by atoms with Crippen molar-refractivity contribution in [1.29, 1.82) is 0 Å². The molecule has 0 bridgehead atoms. The second kappa shape index (κ2) is 5.18. The zero-order valence-corrected chi connectivity index (χ0v) is 9.55. The van der Waals surface area contributed by atoms with Crippen molar-refractivity contribution in [2.24, 2.45) is 0 Å². The number of halogens is 1. The van der Waals surface area contributed by atoms with E-state index >= 15 is 0 Å². The normalized spacial score (nSPS) is 11.4. The number of carbonyl (C=O) groups excluding carboxylic acids is 1. The Morgan fingerprint density at radius 2 is 1.88 bits per heavy atom. The zero-order valence-electron chi connectivity index (χ0n) is 8.73. The lowest BCUT2D eigenvalue weighted by Crippen LogP contribution is -2.29. The predicted octanol–water partition coefficient (Wildman–Crippen LogP) is 1.08. The lowest BCUT2D eigenvalue weighted by atomic mass is 10.3. The monoisotopic (exact) mass is 245 g/mol. The minimum atomic E-state index is -3.72. The smallest absolute Gasteiger partial charge is 0.240 e. The number of sulfonamides is 1. The summed E-state index contributed by atoms with van der Waals surface area (Å²) in [5.74, 6) is -0.714. The van der Waals surface area contributed by atoms with E-state index in [4.69, 9.17) is 0 Å². The molecular formula is C10H12FNO3S. The summed E-state index contributed by atoms with van der Waals surface area (Å²) < 4.78 is 37.9. The molecule has 0 aliphatic carbocycles. The van der Waals surface area contributed by atoms with Crippen LogP contribution in [0.15, 0.2) is 29.2 Å². The largest absolute Gasteiger partial charge is 0.298 e. The molecule has 1 rings (SSSR count). The van der Waals surface area contributed by atoms with Crippen LogP contribution in [0.1, 0.15) is 13.3 Å². The molecule has 0 atom stereocenters. The number of Topliss-reactive ketones (excluding diaryl/α,β-unsaturated/α-hetero) is 1. The first-order valence-electron chi connectivity index (χ1n) is 4.72. The summed E-state index contributed by atoms with van der Waals surface area (Å²) in [4.78, 5) is 10.9. The minimum Gasteiger partial charge on any atom is -0.298 e. The first kappa shape index (κ1) is 12.8. The second-order valence-corrected chi connectivity index (χ2v) is 4.94. The summed E-state index contributed by atoms with van der Waals surface area (Å²) in [5.41, 5.74) is 0. The third-order valence-electron chi connectivity index (χ3n) is 1.98. The van der Waals surface area contributed by atoms with Gasteiger partial charge in [0.25, 0.3) is 0 Å². The van der Waals surface area contributed by atoms with E-state index in [2.05, 4.69) is 4.72 Å². The SMILES string of the molecule is CCC(=O)CNS(=O)(=O)c1ccc(F)cc1. The van der Waals surface area contributed by atoms with Crippen molar-refractivity contribution >= 4 is 15.8 Å². The topological polar surface area (TPSA) is 63.2 Å². The van der Waals surface area contributed by atoms with Gasteiger partial charge in [0.1, 0.15) is 11.6 Å². The molecule has 0 heterocycles. The Balaban J connectivity index is 2.78.